The van der Waals surface area contributed by atoms with Crippen LogP contribution < -0.4 is 0 Å². The quantitative estimate of drug-likeness (QED) is 0.699. The van der Waals surface area contributed by atoms with Gasteiger partial charge < -0.3 is 5.11 Å². The van der Waals surface area contributed by atoms with E-state index in [0.717, 1.165) is 11.1 Å². The SMILES string of the molecule is Cc1cc(C(C)(C)C)c(O)c(C(C)(C)C)c1.[MgH3]. The van der Waals surface area contributed by atoms with E-state index in [1.807, 2.05) is 0 Å². The van der Waals surface area contributed by atoms with Crippen LogP contribution in [0.5, 0.6) is 5.75 Å². The van der Waals surface area contributed by atoms with E-state index in [9.17, 15) is 5.11 Å². The second-order valence-corrected chi connectivity index (χ2v) is 6.71. The van der Waals surface area contributed by atoms with Crippen LogP contribution in [-0.2, 0) is 10.8 Å². The van der Waals surface area contributed by atoms with Gasteiger partial charge in [-0.05, 0) is 28.9 Å². The zero-order valence-electron chi connectivity index (χ0n) is 11.6. The predicted octanol–water partition coefficient (Wildman–Crippen LogP) is 3.11. The van der Waals surface area contributed by atoms with Crippen molar-refractivity contribution in [2.45, 2.75) is 59.3 Å². The molecule has 1 aromatic rings. The van der Waals surface area contributed by atoms with Gasteiger partial charge in [-0.2, -0.15) is 0 Å². The topological polar surface area (TPSA) is 20.2 Å². The summed E-state index contributed by atoms with van der Waals surface area (Å²) in [5.41, 5.74) is 3.26. The Balaban J connectivity index is 0.00000256. The number of phenolic OH excluding ortho intramolecular Hbond substituents is 1. The fourth-order valence-electron chi connectivity index (χ4n) is 1.92. The minimum absolute atomic E-state index is 0. The van der Waals surface area contributed by atoms with Crippen molar-refractivity contribution >= 4 is 23.1 Å². The fraction of sp³-hybridized carbons (Fsp3) is 0.600. The van der Waals surface area contributed by atoms with Gasteiger partial charge in [0.05, 0.1) is 0 Å². The normalized spacial score (nSPS) is 12.2. The van der Waals surface area contributed by atoms with Crippen molar-refractivity contribution in [1.29, 1.82) is 0 Å². The van der Waals surface area contributed by atoms with E-state index >= 15 is 0 Å². The van der Waals surface area contributed by atoms with Crippen molar-refractivity contribution in [2.75, 3.05) is 0 Å². The minimum Gasteiger partial charge on any atom is -0.507 e. The van der Waals surface area contributed by atoms with Crippen LogP contribution in [0.1, 0.15) is 58.2 Å². The number of phenols is 1. The van der Waals surface area contributed by atoms with E-state index < -0.39 is 0 Å². The maximum absolute atomic E-state index is 10.4. The summed E-state index contributed by atoms with van der Waals surface area (Å²) in [7, 11) is 0. The molecule has 0 spiro atoms. The number of aromatic hydroxyl groups is 1. The van der Waals surface area contributed by atoms with Crippen LogP contribution in [0.15, 0.2) is 12.1 Å². The third-order valence-electron chi connectivity index (χ3n) is 2.87. The van der Waals surface area contributed by atoms with Gasteiger partial charge in [0, 0.05) is 0 Å². The second kappa shape index (κ2) is 5.19. The Morgan fingerprint density at radius 2 is 1.12 bits per heavy atom. The largest absolute Gasteiger partial charge is 0.507 e. The first-order valence-electron chi connectivity index (χ1n) is 5.88. The Labute approximate surface area is 122 Å². The molecule has 0 amide bonds. The molecule has 0 atom stereocenters. The molecule has 95 valence electrons. The van der Waals surface area contributed by atoms with E-state index in [4.69, 9.17) is 0 Å². The van der Waals surface area contributed by atoms with Crippen LogP contribution >= 0.6 is 0 Å². The molecule has 2 heteroatoms. The highest BCUT2D eigenvalue weighted by atomic mass is 24.3. The lowest BCUT2D eigenvalue weighted by molar-refractivity contribution is 0.423. The van der Waals surface area contributed by atoms with Crippen LogP contribution in [0.4, 0.5) is 0 Å². The van der Waals surface area contributed by atoms with E-state index in [0.29, 0.717) is 5.75 Å². The summed E-state index contributed by atoms with van der Waals surface area (Å²) in [6, 6.07) is 4.18. The van der Waals surface area contributed by atoms with Gasteiger partial charge in [0.1, 0.15) is 5.75 Å². The first kappa shape index (κ1) is 16.8. The molecule has 3 radical (unpaired) electrons. The van der Waals surface area contributed by atoms with Gasteiger partial charge in [-0.25, -0.2) is 0 Å². The summed E-state index contributed by atoms with van der Waals surface area (Å²) in [6.45, 7) is 14.9. The molecule has 0 fully saturated rings. The third-order valence-corrected chi connectivity index (χ3v) is 2.87. The lowest BCUT2D eigenvalue weighted by Gasteiger charge is -2.27. The zero-order chi connectivity index (χ0) is 12.7. The molecule has 0 aliphatic heterocycles. The molecule has 0 saturated heterocycles. The van der Waals surface area contributed by atoms with E-state index in [-0.39, 0.29) is 33.9 Å². The molecule has 1 N–H and O–H groups in total. The Morgan fingerprint density at radius 3 is 1.35 bits per heavy atom. The fourth-order valence-corrected chi connectivity index (χ4v) is 1.92. The number of hydrogen-bond acceptors (Lipinski definition) is 1. The van der Waals surface area contributed by atoms with Gasteiger partial charge in [0.2, 0.25) is 0 Å². The summed E-state index contributed by atoms with van der Waals surface area (Å²) in [6.07, 6.45) is 0. The summed E-state index contributed by atoms with van der Waals surface area (Å²) in [5, 5.41) is 10.4. The molecule has 0 aromatic heterocycles. The lowest BCUT2D eigenvalue weighted by Crippen LogP contribution is -2.17. The molecular weight excluding hydrogens is 220 g/mol. The smallest absolute Gasteiger partial charge is 0.471 e. The molecule has 0 aliphatic carbocycles. The number of rotatable bonds is 0. The highest BCUT2D eigenvalue weighted by Gasteiger charge is 2.25. The number of aryl methyl sites for hydroxylation is 1. The van der Waals surface area contributed by atoms with E-state index in [2.05, 4.69) is 60.6 Å². The van der Waals surface area contributed by atoms with Crippen molar-refractivity contribution < 1.29 is 5.11 Å². The van der Waals surface area contributed by atoms with E-state index in [1.165, 1.54) is 5.56 Å². The first-order valence-corrected chi connectivity index (χ1v) is 5.88. The summed E-state index contributed by atoms with van der Waals surface area (Å²) in [5.74, 6) is 0.464. The molecule has 0 saturated carbocycles. The van der Waals surface area contributed by atoms with Gasteiger partial charge >= 0.3 is 23.1 Å². The van der Waals surface area contributed by atoms with Crippen LogP contribution in [0, 0.1) is 6.92 Å². The van der Waals surface area contributed by atoms with Crippen LogP contribution in [-0.4, -0.2) is 28.2 Å². The maximum Gasteiger partial charge on any atom is 0.471 e. The first-order chi connectivity index (χ1) is 7.03. The predicted molar refractivity (Wildman–Crippen MR) is 80.2 cm³/mol. The highest BCUT2D eigenvalue weighted by Crippen LogP contribution is 2.39. The summed E-state index contributed by atoms with van der Waals surface area (Å²) < 4.78 is 0. The number of benzene rings is 1. The maximum atomic E-state index is 10.4. The van der Waals surface area contributed by atoms with Crippen LogP contribution in [0.25, 0.3) is 0 Å². The molecule has 1 rings (SSSR count). The van der Waals surface area contributed by atoms with Crippen molar-refractivity contribution in [2.24, 2.45) is 0 Å². The van der Waals surface area contributed by atoms with Crippen molar-refractivity contribution in [1.82, 2.24) is 0 Å². The Bertz CT molecular complexity index is 359. The molecule has 0 aliphatic rings. The molecule has 0 unspecified atom stereocenters. The second-order valence-electron chi connectivity index (χ2n) is 6.71. The van der Waals surface area contributed by atoms with Crippen molar-refractivity contribution in [3.63, 3.8) is 0 Å². The monoisotopic (exact) mass is 247 g/mol. The van der Waals surface area contributed by atoms with Gasteiger partial charge in [0.25, 0.3) is 0 Å². The average molecular weight is 248 g/mol. The van der Waals surface area contributed by atoms with Gasteiger partial charge in [-0.15, -0.1) is 0 Å². The average Bonchev–Trinajstić information content (AvgIpc) is 2.04. The summed E-state index contributed by atoms with van der Waals surface area (Å²) >= 11 is 0. The van der Waals surface area contributed by atoms with Gasteiger partial charge in [0.15, 0.2) is 0 Å². The molecular formula is C15H27MgO. The molecule has 1 nitrogen and oxygen atoms in total. The van der Waals surface area contributed by atoms with Gasteiger partial charge in [-0.1, -0.05) is 59.2 Å². The van der Waals surface area contributed by atoms with Crippen molar-refractivity contribution in [3.05, 3.63) is 28.8 Å². The van der Waals surface area contributed by atoms with E-state index in [1.54, 1.807) is 0 Å². The standard InChI is InChI=1S/C15H24O.Mg.3H/c1-10-8-11(14(2,3)4)13(16)12(9-10)15(5,6)7;;;;/h8-9,16H,1-7H3;;;;. The molecule has 1 aromatic carbocycles. The molecule has 0 heterocycles. The zero-order valence-corrected chi connectivity index (χ0v) is 11.6. The molecule has 17 heavy (non-hydrogen) atoms. The number of hydrogen-bond donors (Lipinski definition) is 1. The Hall–Kier alpha value is -0.214. The Morgan fingerprint density at radius 1 is 0.824 bits per heavy atom. The van der Waals surface area contributed by atoms with Crippen molar-refractivity contribution in [3.8, 4) is 5.75 Å². The van der Waals surface area contributed by atoms with Gasteiger partial charge in [-0.3, -0.25) is 0 Å². The molecule has 0 bridgehead atoms. The van der Waals surface area contributed by atoms with Crippen LogP contribution in [0.2, 0.25) is 0 Å². The third kappa shape index (κ3) is 3.89. The highest BCUT2D eigenvalue weighted by molar-refractivity contribution is 5.75. The summed E-state index contributed by atoms with van der Waals surface area (Å²) in [4.78, 5) is 0. The minimum atomic E-state index is -0.0178. The van der Waals surface area contributed by atoms with Crippen LogP contribution in [0.3, 0.4) is 0 Å². The lowest BCUT2D eigenvalue weighted by atomic mass is 9.78. The Kier molecular flexibility index (Phi) is 5.13.